The zero-order chi connectivity index (χ0) is 29.6. The lowest BCUT2D eigenvalue weighted by Crippen LogP contribution is -2.89. The zero-order valence-corrected chi connectivity index (χ0v) is 24.7. The smallest absolute Gasteiger partial charge is 0.259 e. The molecule has 4 aliphatic carbocycles. The minimum atomic E-state index is -0.690. The maximum atomic E-state index is 13.7. The van der Waals surface area contributed by atoms with Gasteiger partial charge in [0.25, 0.3) is 5.91 Å². The fraction of sp³-hybridized carbons (Fsp3) is 0.514. The number of hydrogen-bond acceptors (Lipinski definition) is 5. The van der Waals surface area contributed by atoms with Crippen molar-refractivity contribution in [1.29, 1.82) is 0 Å². The van der Waals surface area contributed by atoms with Gasteiger partial charge in [-0.1, -0.05) is 25.1 Å². The highest BCUT2D eigenvalue weighted by Crippen LogP contribution is 2.90. The molecule has 4 heterocycles. The van der Waals surface area contributed by atoms with Crippen LogP contribution in [0.15, 0.2) is 42.7 Å². The van der Waals surface area contributed by atoms with Crippen molar-refractivity contribution in [2.45, 2.75) is 57.5 Å². The van der Waals surface area contributed by atoms with Gasteiger partial charge in [0, 0.05) is 43.1 Å². The molecule has 3 aromatic rings. The lowest BCUT2D eigenvalue weighted by Gasteiger charge is -2.90. The molecule has 2 saturated heterocycles. The number of carbonyl (C=O) groups is 4. The van der Waals surface area contributed by atoms with E-state index in [1.807, 2.05) is 36.5 Å². The molecule has 1 N–H and O–H groups in total. The number of fused-ring (bicyclic) bond motifs is 2. The summed E-state index contributed by atoms with van der Waals surface area (Å²) in [5, 5.41) is 9.01. The predicted molar refractivity (Wildman–Crippen MR) is 160 cm³/mol. The van der Waals surface area contributed by atoms with Crippen molar-refractivity contribution >= 4 is 40.1 Å². The molecule has 44 heavy (non-hydrogen) atoms. The Kier molecular flexibility index (Phi) is 4.82. The first-order valence-electron chi connectivity index (χ1n) is 16.4. The molecule has 4 amide bonds. The number of anilines is 1. The Hall–Kier alpha value is -4.01. The van der Waals surface area contributed by atoms with Crippen molar-refractivity contribution in [1.82, 2.24) is 20.0 Å². The summed E-state index contributed by atoms with van der Waals surface area (Å²) in [6.45, 7) is 3.90. The van der Waals surface area contributed by atoms with Crippen LogP contribution in [0.4, 0.5) is 5.69 Å². The SMILES string of the molecule is CC1(C(=O)N2CCC(n3cc(Cc4ccc5c6c(cccc46)C(=O)N5C4CCC(=O)NC4=O)cn3)CC2)C2C3CC4C3C2C41. The van der Waals surface area contributed by atoms with Crippen LogP contribution in [0.2, 0.25) is 0 Å². The first-order valence-corrected chi connectivity index (χ1v) is 16.4. The summed E-state index contributed by atoms with van der Waals surface area (Å²) in [5.74, 6) is 4.45. The van der Waals surface area contributed by atoms with Gasteiger partial charge in [0.1, 0.15) is 6.04 Å². The molecule has 6 fully saturated rings. The van der Waals surface area contributed by atoms with Gasteiger partial charge in [-0.15, -0.1) is 0 Å². The number of carbonyl (C=O) groups excluding carboxylic acids is 4. The molecule has 224 valence electrons. The van der Waals surface area contributed by atoms with Crippen LogP contribution in [0.3, 0.4) is 0 Å². The Morgan fingerprint density at radius 3 is 2.55 bits per heavy atom. The van der Waals surface area contributed by atoms with Gasteiger partial charge < -0.3 is 4.90 Å². The first kappa shape index (κ1) is 25.3. The third-order valence-corrected chi connectivity index (χ3v) is 13.1. The van der Waals surface area contributed by atoms with E-state index >= 15 is 0 Å². The summed E-state index contributed by atoms with van der Waals surface area (Å²) in [4.78, 5) is 55.3. The summed E-state index contributed by atoms with van der Waals surface area (Å²) in [6.07, 6.45) is 8.54. The summed E-state index contributed by atoms with van der Waals surface area (Å²) in [7, 11) is 0. The number of aromatic nitrogens is 2. The number of likely N-dealkylation sites (tertiary alicyclic amines) is 1. The van der Waals surface area contributed by atoms with Gasteiger partial charge in [-0.2, -0.15) is 5.10 Å². The number of benzene rings is 2. The van der Waals surface area contributed by atoms with Gasteiger partial charge >= 0.3 is 0 Å². The highest BCUT2D eigenvalue weighted by Gasteiger charge is 2.88. The van der Waals surface area contributed by atoms with E-state index in [9.17, 15) is 19.2 Å². The molecule has 5 atom stereocenters. The molecule has 1 aromatic heterocycles. The van der Waals surface area contributed by atoms with Gasteiger partial charge in [0.15, 0.2) is 0 Å². The topological polar surface area (TPSA) is 105 Å². The quantitative estimate of drug-likeness (QED) is 0.457. The van der Waals surface area contributed by atoms with Gasteiger partial charge in [0.05, 0.1) is 23.3 Å². The second-order valence-electron chi connectivity index (χ2n) is 14.7. The number of rotatable bonds is 5. The van der Waals surface area contributed by atoms with Crippen LogP contribution >= 0.6 is 0 Å². The van der Waals surface area contributed by atoms with Crippen LogP contribution in [-0.2, 0) is 20.8 Å². The Bertz CT molecular complexity index is 1810. The van der Waals surface area contributed by atoms with Crippen LogP contribution in [0.5, 0.6) is 0 Å². The molecule has 0 bridgehead atoms. The van der Waals surface area contributed by atoms with Crippen LogP contribution < -0.4 is 10.2 Å². The van der Waals surface area contributed by atoms with E-state index < -0.39 is 11.9 Å². The van der Waals surface area contributed by atoms with E-state index in [0.717, 1.165) is 77.2 Å². The van der Waals surface area contributed by atoms with E-state index in [4.69, 9.17) is 5.10 Å². The molecule has 0 spiro atoms. The maximum absolute atomic E-state index is 13.7. The molecule has 2 aromatic carbocycles. The second kappa shape index (κ2) is 8.37. The Labute approximate surface area is 254 Å². The number of hydrogen-bond donors (Lipinski definition) is 1. The standard InChI is InChI=1S/C35H35N5O4/c1-35(30-22-14-23-28(22)29(30)31(23)35)34(44)38-11-9-19(10-12-38)39-16-17(15-36-39)13-18-5-6-24-27-20(18)3-2-4-21(27)33(43)40(24)25-7-8-26(41)37-32(25)42/h2-6,15-16,19,22-23,25,28-31H,7-14H2,1H3,(H,37,41,42). The van der Waals surface area contributed by atoms with Crippen molar-refractivity contribution < 1.29 is 19.2 Å². The third kappa shape index (κ3) is 2.94. The van der Waals surface area contributed by atoms with Gasteiger partial charge in [-0.05, 0) is 89.8 Å². The van der Waals surface area contributed by atoms with Gasteiger partial charge in [-0.25, -0.2) is 0 Å². The third-order valence-electron chi connectivity index (χ3n) is 13.1. The van der Waals surface area contributed by atoms with Crippen molar-refractivity contribution in [2.24, 2.45) is 40.9 Å². The minimum absolute atomic E-state index is 0.0815. The molecule has 7 aliphatic rings. The molecular formula is C35H35N5O4. The monoisotopic (exact) mass is 589 g/mol. The van der Waals surface area contributed by atoms with E-state index in [1.165, 1.54) is 6.42 Å². The summed E-state index contributed by atoms with van der Waals surface area (Å²) < 4.78 is 2.09. The first-order chi connectivity index (χ1) is 21.3. The molecule has 0 radical (unpaired) electrons. The fourth-order valence-electron chi connectivity index (χ4n) is 11.2. The number of imide groups is 1. The van der Waals surface area contributed by atoms with E-state index in [2.05, 4.69) is 28.0 Å². The summed E-state index contributed by atoms with van der Waals surface area (Å²) in [5.41, 5.74) is 3.45. The van der Waals surface area contributed by atoms with Crippen LogP contribution in [0.1, 0.15) is 66.6 Å². The lowest BCUT2D eigenvalue weighted by atomic mass is 9.13. The summed E-state index contributed by atoms with van der Waals surface area (Å²) in [6, 6.07) is 9.34. The molecule has 10 rings (SSSR count). The van der Waals surface area contributed by atoms with Crippen LogP contribution in [-0.4, -0.2) is 57.4 Å². The average Bonchev–Trinajstić information content (AvgIpc) is 3.61. The van der Waals surface area contributed by atoms with Crippen molar-refractivity contribution in [3.63, 3.8) is 0 Å². The number of piperidine rings is 2. The number of amides is 4. The van der Waals surface area contributed by atoms with Crippen molar-refractivity contribution in [3.8, 4) is 0 Å². The molecule has 5 unspecified atom stereocenters. The zero-order valence-electron chi connectivity index (χ0n) is 24.7. The molecule has 9 nitrogen and oxygen atoms in total. The van der Waals surface area contributed by atoms with Crippen molar-refractivity contribution in [2.75, 3.05) is 18.0 Å². The molecule has 9 heteroatoms. The van der Waals surface area contributed by atoms with Crippen LogP contribution in [0, 0.1) is 40.9 Å². The highest BCUT2D eigenvalue weighted by atomic mass is 16.2. The average molecular weight is 590 g/mol. The van der Waals surface area contributed by atoms with E-state index in [0.29, 0.717) is 36.1 Å². The van der Waals surface area contributed by atoms with Gasteiger partial charge in [0.2, 0.25) is 17.7 Å². The van der Waals surface area contributed by atoms with Crippen molar-refractivity contribution in [3.05, 3.63) is 59.4 Å². The maximum Gasteiger partial charge on any atom is 0.259 e. The second-order valence-corrected chi connectivity index (χ2v) is 14.7. The van der Waals surface area contributed by atoms with E-state index in [-0.39, 0.29) is 29.7 Å². The Morgan fingerprint density at radius 1 is 1.02 bits per heavy atom. The Morgan fingerprint density at radius 2 is 1.82 bits per heavy atom. The van der Waals surface area contributed by atoms with Crippen LogP contribution in [0.25, 0.3) is 10.8 Å². The number of nitrogens with one attached hydrogen (secondary N) is 1. The van der Waals surface area contributed by atoms with Gasteiger partial charge in [-0.3, -0.25) is 34.1 Å². The number of nitrogens with zero attached hydrogens (tertiary/aromatic N) is 4. The minimum Gasteiger partial charge on any atom is -0.342 e. The normalized spacial score (nSPS) is 36.3. The highest BCUT2D eigenvalue weighted by molar-refractivity contribution is 6.27. The largest absolute Gasteiger partial charge is 0.342 e. The molecule has 4 saturated carbocycles. The summed E-state index contributed by atoms with van der Waals surface area (Å²) >= 11 is 0. The fourth-order valence-corrected chi connectivity index (χ4v) is 11.2. The Balaban J connectivity index is 0.849. The van der Waals surface area contributed by atoms with E-state index in [1.54, 1.807) is 4.90 Å². The lowest BCUT2D eigenvalue weighted by molar-refractivity contribution is -0.429. The predicted octanol–water partition coefficient (Wildman–Crippen LogP) is 3.70. The molecule has 3 aliphatic heterocycles. The molecular weight excluding hydrogens is 554 g/mol.